The van der Waals surface area contributed by atoms with Crippen molar-refractivity contribution in [2.75, 3.05) is 6.54 Å². The number of likely N-dealkylation sites (tertiary alicyclic amines) is 1. The first-order chi connectivity index (χ1) is 11.6. The lowest BCUT2D eigenvalue weighted by Crippen LogP contribution is -2.31. The molecule has 0 unspecified atom stereocenters. The highest BCUT2D eigenvalue weighted by molar-refractivity contribution is 7.11. The Morgan fingerprint density at radius 2 is 2.25 bits per heavy atom. The number of aromatic nitrogens is 2. The van der Waals surface area contributed by atoms with Crippen LogP contribution in [-0.4, -0.2) is 33.2 Å². The predicted molar refractivity (Wildman–Crippen MR) is 91.6 cm³/mol. The summed E-state index contributed by atoms with van der Waals surface area (Å²) >= 11 is 1.39. The fraction of sp³-hybridized carbons (Fsp3) is 0.412. The van der Waals surface area contributed by atoms with Crippen LogP contribution < -0.4 is 5.32 Å². The lowest BCUT2D eigenvalue weighted by atomic mass is 10.1. The zero-order valence-electron chi connectivity index (χ0n) is 13.8. The number of carbonyl (C=O) groups is 2. The maximum absolute atomic E-state index is 12.8. The van der Waals surface area contributed by atoms with E-state index in [1.165, 1.54) is 18.3 Å². The quantitative estimate of drug-likeness (QED) is 0.924. The lowest BCUT2D eigenvalue weighted by molar-refractivity contribution is -0.119. The van der Waals surface area contributed by atoms with E-state index in [1.807, 2.05) is 30.0 Å². The van der Waals surface area contributed by atoms with Gasteiger partial charge in [-0.25, -0.2) is 4.98 Å². The first-order valence-corrected chi connectivity index (χ1v) is 8.85. The van der Waals surface area contributed by atoms with Gasteiger partial charge in [0.2, 0.25) is 5.91 Å². The fourth-order valence-corrected chi connectivity index (χ4v) is 3.71. The normalized spacial score (nSPS) is 17.1. The summed E-state index contributed by atoms with van der Waals surface area (Å²) in [6, 6.07) is 5.75. The smallest absolute Gasteiger partial charge is 0.266 e. The number of hydrogen-bond donors (Lipinski definition) is 1. The highest BCUT2D eigenvalue weighted by atomic mass is 32.1. The molecule has 0 spiro atoms. The van der Waals surface area contributed by atoms with Crippen LogP contribution in [0.2, 0.25) is 0 Å². The van der Waals surface area contributed by atoms with E-state index in [9.17, 15) is 9.59 Å². The average Bonchev–Trinajstić information content (AvgIpc) is 3.21. The molecule has 1 aliphatic rings. The van der Waals surface area contributed by atoms with Crippen LogP contribution in [0.3, 0.4) is 0 Å². The number of pyridine rings is 1. The number of thiazole rings is 1. The second kappa shape index (κ2) is 7.09. The number of amides is 2. The maximum Gasteiger partial charge on any atom is 0.266 e. The molecule has 1 fully saturated rings. The summed E-state index contributed by atoms with van der Waals surface area (Å²) in [4.78, 5) is 35.3. The van der Waals surface area contributed by atoms with Crippen molar-refractivity contribution in [3.05, 3.63) is 45.7 Å². The molecule has 3 rings (SSSR count). The molecule has 0 radical (unpaired) electrons. The van der Waals surface area contributed by atoms with Crippen LogP contribution >= 0.6 is 11.3 Å². The van der Waals surface area contributed by atoms with Crippen LogP contribution in [0, 0.1) is 6.92 Å². The number of hydrogen-bond acceptors (Lipinski definition) is 5. The van der Waals surface area contributed by atoms with E-state index < -0.39 is 0 Å². The Bertz CT molecular complexity index is 759. The number of carbonyl (C=O) groups excluding carboxylic acids is 2. The Morgan fingerprint density at radius 1 is 1.42 bits per heavy atom. The minimum Gasteiger partial charge on any atom is -0.351 e. The summed E-state index contributed by atoms with van der Waals surface area (Å²) in [6.45, 7) is 4.48. The Morgan fingerprint density at radius 3 is 2.96 bits per heavy atom. The molecule has 0 aliphatic carbocycles. The topological polar surface area (TPSA) is 75.2 Å². The van der Waals surface area contributed by atoms with Crippen LogP contribution in [0.1, 0.15) is 52.6 Å². The van der Waals surface area contributed by atoms with E-state index in [-0.39, 0.29) is 17.9 Å². The molecule has 1 atom stereocenters. The number of nitrogens with one attached hydrogen (secondary N) is 1. The third-order valence-corrected chi connectivity index (χ3v) is 5.06. The van der Waals surface area contributed by atoms with Gasteiger partial charge in [-0.3, -0.25) is 14.6 Å². The van der Waals surface area contributed by atoms with Gasteiger partial charge in [-0.15, -0.1) is 11.3 Å². The van der Waals surface area contributed by atoms with Crippen LogP contribution in [0.25, 0.3) is 0 Å². The van der Waals surface area contributed by atoms with Gasteiger partial charge < -0.3 is 10.2 Å². The molecule has 2 aromatic heterocycles. The standard InChI is InChI=1S/C17H20N4O2S/c1-11-16(24-10-19-11)17(23)21-8-4-7-15(21)14-6-3-5-13(20-14)9-18-12(2)22/h3,5-6,10,15H,4,7-9H2,1-2H3,(H,18,22)/t15-/m1/s1. The first kappa shape index (κ1) is 16.6. The molecule has 0 bridgehead atoms. The molecule has 0 aromatic carbocycles. The minimum atomic E-state index is -0.0828. The van der Waals surface area contributed by atoms with Crippen molar-refractivity contribution in [3.8, 4) is 0 Å². The van der Waals surface area contributed by atoms with Crippen molar-refractivity contribution in [1.82, 2.24) is 20.2 Å². The Balaban J connectivity index is 1.80. The second-order valence-corrected chi connectivity index (χ2v) is 6.74. The molecule has 2 aromatic rings. The second-order valence-electron chi connectivity index (χ2n) is 5.89. The van der Waals surface area contributed by atoms with E-state index in [0.717, 1.165) is 36.5 Å². The van der Waals surface area contributed by atoms with E-state index in [4.69, 9.17) is 0 Å². The summed E-state index contributed by atoms with van der Waals surface area (Å²) in [5, 5.41) is 2.75. The van der Waals surface area contributed by atoms with Gasteiger partial charge in [0.05, 0.1) is 35.2 Å². The highest BCUT2D eigenvalue weighted by Crippen LogP contribution is 2.33. The van der Waals surface area contributed by atoms with Crippen LogP contribution in [0.15, 0.2) is 23.7 Å². The van der Waals surface area contributed by atoms with Crippen molar-refractivity contribution >= 4 is 23.2 Å². The number of rotatable bonds is 4. The van der Waals surface area contributed by atoms with Crippen LogP contribution in [-0.2, 0) is 11.3 Å². The zero-order valence-corrected chi connectivity index (χ0v) is 14.6. The molecular weight excluding hydrogens is 324 g/mol. The van der Waals surface area contributed by atoms with Gasteiger partial charge in [0.15, 0.2) is 0 Å². The van der Waals surface area contributed by atoms with Crippen molar-refractivity contribution in [2.45, 2.75) is 39.3 Å². The minimum absolute atomic E-state index is 0.0173. The largest absolute Gasteiger partial charge is 0.351 e. The van der Waals surface area contributed by atoms with E-state index in [1.54, 1.807) is 5.51 Å². The molecule has 126 valence electrons. The third-order valence-electron chi connectivity index (χ3n) is 4.14. The number of aryl methyl sites for hydroxylation is 1. The summed E-state index contributed by atoms with van der Waals surface area (Å²) in [7, 11) is 0. The zero-order chi connectivity index (χ0) is 17.1. The summed E-state index contributed by atoms with van der Waals surface area (Å²) in [5.41, 5.74) is 4.17. The Kier molecular flexibility index (Phi) is 4.89. The van der Waals surface area contributed by atoms with Crippen molar-refractivity contribution in [1.29, 1.82) is 0 Å². The molecule has 1 aliphatic heterocycles. The van der Waals surface area contributed by atoms with Crippen molar-refractivity contribution in [3.63, 3.8) is 0 Å². The molecule has 3 heterocycles. The van der Waals surface area contributed by atoms with Gasteiger partial charge in [0.1, 0.15) is 4.88 Å². The van der Waals surface area contributed by atoms with Crippen LogP contribution in [0.4, 0.5) is 0 Å². The van der Waals surface area contributed by atoms with Gasteiger partial charge in [0.25, 0.3) is 5.91 Å². The molecule has 2 amide bonds. The van der Waals surface area contributed by atoms with Gasteiger partial charge in [-0.2, -0.15) is 0 Å². The highest BCUT2D eigenvalue weighted by Gasteiger charge is 2.32. The third kappa shape index (κ3) is 3.46. The van der Waals surface area contributed by atoms with E-state index in [2.05, 4.69) is 15.3 Å². The summed E-state index contributed by atoms with van der Waals surface area (Å²) in [5.74, 6) is -0.0490. The lowest BCUT2D eigenvalue weighted by Gasteiger charge is -2.24. The average molecular weight is 344 g/mol. The summed E-state index contributed by atoms with van der Waals surface area (Å²) in [6.07, 6.45) is 1.87. The molecule has 24 heavy (non-hydrogen) atoms. The SMILES string of the molecule is CC(=O)NCc1cccc([C@H]2CCCN2C(=O)c2scnc2C)n1. The molecule has 0 saturated carbocycles. The Hall–Kier alpha value is -2.28. The molecule has 1 N–H and O–H groups in total. The summed E-state index contributed by atoms with van der Waals surface area (Å²) < 4.78 is 0. The van der Waals surface area contributed by atoms with Crippen molar-refractivity contribution in [2.24, 2.45) is 0 Å². The predicted octanol–water partition coefficient (Wildman–Crippen LogP) is 2.46. The van der Waals surface area contributed by atoms with Gasteiger partial charge in [-0.05, 0) is 31.9 Å². The van der Waals surface area contributed by atoms with Crippen LogP contribution in [0.5, 0.6) is 0 Å². The number of nitrogens with zero attached hydrogens (tertiary/aromatic N) is 3. The molecular formula is C17H20N4O2S. The van der Waals surface area contributed by atoms with Gasteiger partial charge in [-0.1, -0.05) is 6.07 Å². The van der Waals surface area contributed by atoms with E-state index >= 15 is 0 Å². The molecule has 7 heteroatoms. The maximum atomic E-state index is 12.8. The molecule has 6 nitrogen and oxygen atoms in total. The fourth-order valence-electron chi connectivity index (χ4n) is 2.95. The van der Waals surface area contributed by atoms with Crippen molar-refractivity contribution < 1.29 is 9.59 Å². The first-order valence-electron chi connectivity index (χ1n) is 7.97. The molecule has 1 saturated heterocycles. The Labute approximate surface area is 144 Å². The van der Waals surface area contributed by atoms with Gasteiger partial charge >= 0.3 is 0 Å². The van der Waals surface area contributed by atoms with E-state index in [0.29, 0.717) is 11.4 Å². The van der Waals surface area contributed by atoms with Gasteiger partial charge in [0, 0.05) is 13.5 Å². The monoisotopic (exact) mass is 344 g/mol.